The molecule has 0 fully saturated rings. The number of halogens is 1. The van der Waals surface area contributed by atoms with Gasteiger partial charge in [0.2, 0.25) is 10.6 Å². The second-order valence-electron chi connectivity index (χ2n) is 6.30. The molecule has 0 amide bonds. The number of hydrogen-bond donors (Lipinski definition) is 0. The molecule has 0 radical (unpaired) electrons. The van der Waals surface area contributed by atoms with Crippen molar-refractivity contribution in [2.45, 2.75) is 13.8 Å². The zero-order chi connectivity index (χ0) is 21.7. The maximum Gasteiger partial charge on any atom is 0.206 e. The molecular weight excluding hydrogens is 405 g/mol. The molecule has 0 aliphatic heterocycles. The topological polar surface area (TPSA) is 57.3 Å². The molecule has 1 heterocycles. The van der Waals surface area contributed by atoms with Crippen molar-refractivity contribution in [2.24, 2.45) is 10.1 Å². The van der Waals surface area contributed by atoms with Gasteiger partial charge in [0, 0.05) is 23.1 Å². The predicted molar refractivity (Wildman–Crippen MR) is 118 cm³/mol. The minimum absolute atomic E-state index is 0.281. The van der Waals surface area contributed by atoms with Gasteiger partial charge >= 0.3 is 0 Å². The summed E-state index contributed by atoms with van der Waals surface area (Å²) in [4.78, 5) is 5.30. The molecule has 0 spiro atoms. The molecule has 6 nitrogen and oxygen atoms in total. The molecule has 0 unspecified atom stereocenters. The van der Waals surface area contributed by atoms with Gasteiger partial charge in [-0.3, -0.25) is 4.99 Å². The van der Waals surface area contributed by atoms with Crippen LogP contribution in [0.15, 0.2) is 51.9 Å². The zero-order valence-corrected chi connectivity index (χ0v) is 18.4. The number of ether oxygens (including phenoxy) is 3. The highest BCUT2D eigenvalue weighted by Crippen LogP contribution is 2.38. The van der Waals surface area contributed by atoms with Crippen molar-refractivity contribution < 1.29 is 18.6 Å². The minimum Gasteiger partial charge on any atom is -0.493 e. The molecule has 0 N–H and O–H groups in total. The first kappa shape index (κ1) is 21.6. The molecule has 0 saturated heterocycles. The van der Waals surface area contributed by atoms with Crippen LogP contribution in [-0.4, -0.2) is 38.3 Å². The molecule has 0 bridgehead atoms. The summed E-state index contributed by atoms with van der Waals surface area (Å²) in [5, 5.41) is 6.78. The largest absolute Gasteiger partial charge is 0.493 e. The Morgan fingerprint density at radius 3 is 2.20 bits per heavy atom. The van der Waals surface area contributed by atoms with Crippen molar-refractivity contribution in [1.29, 1.82) is 0 Å². The Morgan fingerprint density at radius 1 is 1.03 bits per heavy atom. The lowest BCUT2D eigenvalue weighted by Gasteiger charge is -2.14. The van der Waals surface area contributed by atoms with Gasteiger partial charge in [0.05, 0.1) is 32.7 Å². The fourth-order valence-corrected chi connectivity index (χ4v) is 3.85. The van der Waals surface area contributed by atoms with Gasteiger partial charge in [0.25, 0.3) is 0 Å². The van der Waals surface area contributed by atoms with E-state index in [1.807, 2.05) is 31.4 Å². The third kappa shape index (κ3) is 4.38. The number of aromatic nitrogens is 1. The lowest BCUT2D eigenvalue weighted by molar-refractivity contribution is 0.324. The quantitative estimate of drug-likeness (QED) is 0.517. The highest BCUT2D eigenvalue weighted by molar-refractivity contribution is 7.07. The van der Waals surface area contributed by atoms with Crippen molar-refractivity contribution in [2.75, 3.05) is 27.9 Å². The van der Waals surface area contributed by atoms with Crippen molar-refractivity contribution in [1.82, 2.24) is 4.68 Å². The molecule has 0 saturated carbocycles. The molecule has 3 aromatic rings. The van der Waals surface area contributed by atoms with E-state index in [0.717, 1.165) is 27.3 Å². The lowest BCUT2D eigenvalue weighted by Crippen LogP contribution is -2.14. The number of hydrogen-bond acceptors (Lipinski definition) is 6. The number of methoxy groups -OCH3 is 3. The van der Waals surface area contributed by atoms with Crippen molar-refractivity contribution in [3.63, 3.8) is 0 Å². The normalized spacial score (nSPS) is 12.2. The smallest absolute Gasteiger partial charge is 0.206 e. The number of nitrogens with zero attached hydrogens (tertiary/aromatic N) is 3. The van der Waals surface area contributed by atoms with Crippen LogP contribution in [0, 0.1) is 5.82 Å². The van der Waals surface area contributed by atoms with E-state index in [-0.39, 0.29) is 5.82 Å². The average molecular weight is 430 g/mol. The Bertz CT molecular complexity index is 1090. The van der Waals surface area contributed by atoms with Crippen LogP contribution < -0.4 is 19.0 Å². The Morgan fingerprint density at radius 2 is 1.67 bits per heavy atom. The van der Waals surface area contributed by atoms with Crippen LogP contribution in [0.2, 0.25) is 0 Å². The van der Waals surface area contributed by atoms with Gasteiger partial charge in [0.15, 0.2) is 11.5 Å². The van der Waals surface area contributed by atoms with Gasteiger partial charge in [0.1, 0.15) is 5.82 Å². The first-order chi connectivity index (χ1) is 14.5. The SMILES string of the molecule is CCN=c1scc(-c2ccc(F)cc2)n1N=C(C)c1cc(OC)c(OC)c(OC)c1. The van der Waals surface area contributed by atoms with Crippen molar-refractivity contribution >= 4 is 17.0 Å². The highest BCUT2D eigenvalue weighted by atomic mass is 32.1. The number of rotatable bonds is 7. The van der Waals surface area contributed by atoms with E-state index < -0.39 is 0 Å². The van der Waals surface area contributed by atoms with Crippen LogP contribution in [0.5, 0.6) is 17.2 Å². The molecule has 3 rings (SSSR count). The van der Waals surface area contributed by atoms with E-state index in [1.54, 1.807) is 38.1 Å². The molecular formula is C22H24FN3O3S. The molecule has 158 valence electrons. The summed E-state index contributed by atoms with van der Waals surface area (Å²) in [6.07, 6.45) is 0. The van der Waals surface area contributed by atoms with E-state index in [0.29, 0.717) is 23.8 Å². The van der Waals surface area contributed by atoms with Gasteiger partial charge in [-0.1, -0.05) is 0 Å². The van der Waals surface area contributed by atoms with Gasteiger partial charge in [-0.05, 0) is 50.2 Å². The van der Waals surface area contributed by atoms with Gasteiger partial charge in [-0.25, -0.2) is 9.07 Å². The molecule has 2 aromatic carbocycles. The fourth-order valence-electron chi connectivity index (χ4n) is 2.96. The van der Waals surface area contributed by atoms with Crippen LogP contribution in [0.1, 0.15) is 19.4 Å². The van der Waals surface area contributed by atoms with E-state index in [2.05, 4.69) is 4.99 Å². The number of thiazole rings is 1. The van der Waals surface area contributed by atoms with E-state index in [4.69, 9.17) is 19.3 Å². The van der Waals surface area contributed by atoms with E-state index in [1.165, 1.54) is 23.5 Å². The van der Waals surface area contributed by atoms with E-state index >= 15 is 0 Å². The molecule has 0 aliphatic rings. The Labute approximate surface area is 178 Å². The van der Waals surface area contributed by atoms with Crippen LogP contribution in [-0.2, 0) is 0 Å². The van der Waals surface area contributed by atoms with Crippen LogP contribution >= 0.6 is 11.3 Å². The van der Waals surface area contributed by atoms with Gasteiger partial charge in [-0.2, -0.15) is 5.10 Å². The average Bonchev–Trinajstić information content (AvgIpc) is 3.15. The summed E-state index contributed by atoms with van der Waals surface area (Å²) in [7, 11) is 4.72. The Hall–Kier alpha value is -3.13. The first-order valence-electron chi connectivity index (χ1n) is 9.35. The van der Waals surface area contributed by atoms with Crippen LogP contribution in [0.4, 0.5) is 4.39 Å². The number of benzene rings is 2. The van der Waals surface area contributed by atoms with Crippen LogP contribution in [0.25, 0.3) is 11.3 Å². The second kappa shape index (κ2) is 9.58. The highest BCUT2D eigenvalue weighted by Gasteiger charge is 2.15. The Balaban J connectivity index is 2.16. The van der Waals surface area contributed by atoms with Gasteiger partial charge in [-0.15, -0.1) is 11.3 Å². The maximum absolute atomic E-state index is 13.4. The predicted octanol–water partition coefficient (Wildman–Crippen LogP) is 4.57. The summed E-state index contributed by atoms with van der Waals surface area (Å²) >= 11 is 1.48. The van der Waals surface area contributed by atoms with E-state index in [9.17, 15) is 4.39 Å². The molecule has 0 atom stereocenters. The minimum atomic E-state index is -0.281. The van der Waals surface area contributed by atoms with Crippen molar-refractivity contribution in [3.8, 4) is 28.5 Å². The van der Waals surface area contributed by atoms with Crippen molar-refractivity contribution in [3.05, 3.63) is 58.0 Å². The van der Waals surface area contributed by atoms with Gasteiger partial charge < -0.3 is 14.2 Å². The summed E-state index contributed by atoms with van der Waals surface area (Å²) in [6, 6.07) is 10.0. The molecule has 30 heavy (non-hydrogen) atoms. The summed E-state index contributed by atoms with van der Waals surface area (Å²) in [6.45, 7) is 4.50. The lowest BCUT2D eigenvalue weighted by atomic mass is 10.1. The summed E-state index contributed by atoms with van der Waals surface area (Å²) in [5.41, 5.74) is 3.23. The van der Waals surface area contributed by atoms with Crippen LogP contribution in [0.3, 0.4) is 0 Å². The summed E-state index contributed by atoms with van der Waals surface area (Å²) in [5.74, 6) is 1.34. The molecule has 0 aliphatic carbocycles. The molecule has 8 heteroatoms. The first-order valence-corrected chi connectivity index (χ1v) is 10.2. The fraction of sp³-hybridized carbons (Fsp3) is 0.273. The Kier molecular flexibility index (Phi) is 6.89. The maximum atomic E-state index is 13.4. The second-order valence-corrected chi connectivity index (χ2v) is 7.13. The summed E-state index contributed by atoms with van der Waals surface area (Å²) < 4.78 is 31.5. The standard InChI is InChI=1S/C22H24FN3O3S/c1-6-24-22-26(18(13-30-22)15-7-9-17(23)10-8-15)25-14(2)16-11-19(27-3)21(29-5)20(12-16)28-4/h7-13H,6H2,1-5H3. The monoisotopic (exact) mass is 429 g/mol. The third-order valence-electron chi connectivity index (χ3n) is 4.45. The zero-order valence-electron chi connectivity index (χ0n) is 17.6. The molecule has 1 aromatic heterocycles. The third-order valence-corrected chi connectivity index (χ3v) is 5.31.